The molecule has 0 aliphatic heterocycles. The first-order valence-corrected chi connectivity index (χ1v) is 8.52. The Morgan fingerprint density at radius 2 is 2.08 bits per heavy atom. The van der Waals surface area contributed by atoms with Gasteiger partial charge in [0.1, 0.15) is 5.69 Å². The standard InChI is InChI=1S/C19H22N4O/c1-4-23-12(2)9-14-10-15(7-8-17(14)23)20-19(24)18-11-16(13-5-6-13)21-22(18)3/h7-11,13H,4-6H2,1-3H3,(H,20,24). The van der Waals surface area contributed by atoms with E-state index in [9.17, 15) is 4.79 Å². The SMILES string of the molecule is CCn1c(C)cc2cc(NC(=O)c3cc(C4CC4)nn3C)ccc21. The van der Waals surface area contributed by atoms with Gasteiger partial charge < -0.3 is 9.88 Å². The predicted octanol–water partition coefficient (Wildman–Crippen LogP) is 3.83. The van der Waals surface area contributed by atoms with Crippen molar-refractivity contribution in [2.45, 2.75) is 39.2 Å². The first kappa shape index (κ1) is 15.0. The highest BCUT2D eigenvalue weighted by Gasteiger charge is 2.28. The fourth-order valence-electron chi connectivity index (χ4n) is 3.38. The van der Waals surface area contributed by atoms with E-state index in [0.29, 0.717) is 11.6 Å². The second-order valence-electron chi connectivity index (χ2n) is 6.61. The lowest BCUT2D eigenvalue weighted by Gasteiger charge is -2.07. The van der Waals surface area contributed by atoms with Crippen LogP contribution in [0.25, 0.3) is 10.9 Å². The minimum Gasteiger partial charge on any atom is -0.345 e. The molecule has 5 heteroatoms. The average Bonchev–Trinajstić information content (AvgIpc) is 3.25. The molecular formula is C19H22N4O. The van der Waals surface area contributed by atoms with Crippen LogP contribution in [0.2, 0.25) is 0 Å². The summed E-state index contributed by atoms with van der Waals surface area (Å²) in [5, 5.41) is 8.61. The first-order chi connectivity index (χ1) is 11.6. The Morgan fingerprint density at radius 3 is 2.79 bits per heavy atom. The molecule has 1 saturated carbocycles. The summed E-state index contributed by atoms with van der Waals surface area (Å²) in [7, 11) is 1.83. The minimum atomic E-state index is -0.108. The van der Waals surface area contributed by atoms with Crippen LogP contribution in [0, 0.1) is 6.92 Å². The molecule has 0 unspecified atom stereocenters. The third kappa shape index (κ3) is 2.50. The van der Waals surface area contributed by atoms with Gasteiger partial charge in [0.2, 0.25) is 0 Å². The molecule has 2 heterocycles. The number of amides is 1. The maximum Gasteiger partial charge on any atom is 0.273 e. The van der Waals surface area contributed by atoms with Crippen LogP contribution >= 0.6 is 0 Å². The second kappa shape index (κ2) is 5.51. The number of anilines is 1. The topological polar surface area (TPSA) is 51.9 Å². The van der Waals surface area contributed by atoms with Crippen molar-refractivity contribution >= 4 is 22.5 Å². The highest BCUT2D eigenvalue weighted by Crippen LogP contribution is 2.39. The third-order valence-electron chi connectivity index (χ3n) is 4.81. The number of hydrogen-bond acceptors (Lipinski definition) is 2. The second-order valence-corrected chi connectivity index (χ2v) is 6.61. The molecule has 0 bridgehead atoms. The van der Waals surface area contributed by atoms with Crippen LogP contribution in [0.3, 0.4) is 0 Å². The molecule has 1 amide bonds. The zero-order chi connectivity index (χ0) is 16.8. The van der Waals surface area contributed by atoms with Crippen LogP contribution in [0.4, 0.5) is 5.69 Å². The smallest absolute Gasteiger partial charge is 0.273 e. The van der Waals surface area contributed by atoms with Crippen molar-refractivity contribution in [1.82, 2.24) is 14.3 Å². The van der Waals surface area contributed by atoms with Gasteiger partial charge in [0.25, 0.3) is 5.91 Å². The van der Waals surface area contributed by atoms with E-state index in [1.165, 1.54) is 24.1 Å². The lowest BCUT2D eigenvalue weighted by molar-refractivity contribution is 0.101. The Morgan fingerprint density at radius 1 is 1.29 bits per heavy atom. The van der Waals surface area contributed by atoms with Crippen molar-refractivity contribution in [3.63, 3.8) is 0 Å². The number of rotatable bonds is 4. The molecular weight excluding hydrogens is 300 g/mol. The Balaban J connectivity index is 1.60. The van der Waals surface area contributed by atoms with Crippen LogP contribution in [-0.2, 0) is 13.6 Å². The lowest BCUT2D eigenvalue weighted by atomic mass is 10.2. The maximum absolute atomic E-state index is 12.6. The number of fused-ring (bicyclic) bond motifs is 1. The summed E-state index contributed by atoms with van der Waals surface area (Å²) < 4.78 is 3.95. The number of benzene rings is 1. The first-order valence-electron chi connectivity index (χ1n) is 8.52. The summed E-state index contributed by atoms with van der Waals surface area (Å²) in [5.41, 5.74) is 4.89. The van der Waals surface area contributed by atoms with E-state index < -0.39 is 0 Å². The van der Waals surface area contributed by atoms with Gasteiger partial charge in [-0.25, -0.2) is 0 Å². The van der Waals surface area contributed by atoms with Gasteiger partial charge in [-0.1, -0.05) is 0 Å². The Bertz CT molecular complexity index is 930. The average molecular weight is 322 g/mol. The summed E-state index contributed by atoms with van der Waals surface area (Å²) in [6, 6.07) is 10.1. The Hall–Kier alpha value is -2.56. The highest BCUT2D eigenvalue weighted by molar-refractivity contribution is 6.04. The fraction of sp³-hybridized carbons (Fsp3) is 0.368. The molecule has 3 aromatic rings. The van der Waals surface area contributed by atoms with E-state index in [-0.39, 0.29) is 5.91 Å². The summed E-state index contributed by atoms with van der Waals surface area (Å²) in [6.45, 7) is 5.19. The zero-order valence-electron chi connectivity index (χ0n) is 14.3. The highest BCUT2D eigenvalue weighted by atomic mass is 16.2. The van der Waals surface area contributed by atoms with E-state index in [2.05, 4.69) is 41.0 Å². The Labute approximate surface area is 141 Å². The molecule has 124 valence electrons. The van der Waals surface area contributed by atoms with Crippen molar-refractivity contribution in [2.75, 3.05) is 5.32 Å². The summed E-state index contributed by atoms with van der Waals surface area (Å²) in [6.07, 6.45) is 2.37. The van der Waals surface area contributed by atoms with Gasteiger partial charge in [-0.15, -0.1) is 0 Å². The van der Waals surface area contributed by atoms with Gasteiger partial charge in [0, 0.05) is 41.8 Å². The van der Waals surface area contributed by atoms with Gasteiger partial charge in [-0.05, 0) is 57.0 Å². The van der Waals surface area contributed by atoms with Crippen LogP contribution in [0.1, 0.15) is 47.6 Å². The molecule has 0 atom stereocenters. The number of nitrogens with one attached hydrogen (secondary N) is 1. The van der Waals surface area contributed by atoms with Gasteiger partial charge in [-0.3, -0.25) is 9.48 Å². The molecule has 1 fully saturated rings. The van der Waals surface area contributed by atoms with Crippen molar-refractivity contribution < 1.29 is 4.79 Å². The molecule has 2 aromatic heterocycles. The molecule has 1 aliphatic rings. The zero-order valence-corrected chi connectivity index (χ0v) is 14.3. The van der Waals surface area contributed by atoms with Crippen LogP contribution < -0.4 is 5.32 Å². The van der Waals surface area contributed by atoms with Crippen molar-refractivity contribution in [3.05, 3.63) is 47.4 Å². The monoisotopic (exact) mass is 322 g/mol. The minimum absolute atomic E-state index is 0.108. The normalized spacial score (nSPS) is 14.3. The predicted molar refractivity (Wildman–Crippen MR) is 95.5 cm³/mol. The molecule has 0 spiro atoms. The number of hydrogen-bond donors (Lipinski definition) is 1. The van der Waals surface area contributed by atoms with Gasteiger partial charge >= 0.3 is 0 Å². The van der Waals surface area contributed by atoms with Crippen molar-refractivity contribution in [1.29, 1.82) is 0 Å². The number of carbonyl (C=O) groups is 1. The van der Waals surface area contributed by atoms with E-state index in [1.807, 2.05) is 25.2 Å². The number of carbonyl (C=O) groups excluding carboxylic acids is 1. The van der Waals surface area contributed by atoms with Gasteiger partial charge in [0.05, 0.1) is 5.69 Å². The van der Waals surface area contributed by atoms with Crippen LogP contribution in [0.15, 0.2) is 30.3 Å². The molecule has 0 saturated heterocycles. The molecule has 5 nitrogen and oxygen atoms in total. The maximum atomic E-state index is 12.6. The molecule has 4 rings (SSSR count). The summed E-state index contributed by atoms with van der Waals surface area (Å²) in [5.74, 6) is 0.439. The van der Waals surface area contributed by atoms with E-state index in [1.54, 1.807) is 4.68 Å². The quantitative estimate of drug-likeness (QED) is 0.793. The van der Waals surface area contributed by atoms with Crippen molar-refractivity contribution in [3.8, 4) is 0 Å². The molecule has 1 N–H and O–H groups in total. The number of nitrogens with zero attached hydrogens (tertiary/aromatic N) is 3. The summed E-state index contributed by atoms with van der Waals surface area (Å²) >= 11 is 0. The Kier molecular flexibility index (Phi) is 3.44. The summed E-state index contributed by atoms with van der Waals surface area (Å²) in [4.78, 5) is 12.6. The van der Waals surface area contributed by atoms with E-state index in [4.69, 9.17) is 0 Å². The fourth-order valence-corrected chi connectivity index (χ4v) is 3.38. The molecule has 1 aliphatic carbocycles. The van der Waals surface area contributed by atoms with E-state index in [0.717, 1.165) is 23.3 Å². The van der Waals surface area contributed by atoms with Gasteiger partial charge in [-0.2, -0.15) is 5.10 Å². The molecule has 1 aromatic carbocycles. The number of aromatic nitrogens is 3. The van der Waals surface area contributed by atoms with Crippen molar-refractivity contribution in [2.24, 2.45) is 7.05 Å². The molecule has 24 heavy (non-hydrogen) atoms. The van der Waals surface area contributed by atoms with Gasteiger partial charge in [0.15, 0.2) is 0 Å². The largest absolute Gasteiger partial charge is 0.345 e. The van der Waals surface area contributed by atoms with Crippen LogP contribution in [-0.4, -0.2) is 20.3 Å². The molecule has 0 radical (unpaired) electrons. The lowest BCUT2D eigenvalue weighted by Crippen LogP contribution is -2.15. The van der Waals surface area contributed by atoms with E-state index >= 15 is 0 Å². The third-order valence-corrected chi connectivity index (χ3v) is 4.81. The van der Waals surface area contributed by atoms with Crippen LogP contribution in [0.5, 0.6) is 0 Å². The number of aryl methyl sites for hydroxylation is 3.